The van der Waals surface area contributed by atoms with E-state index < -0.39 is 11.9 Å². The molecule has 0 spiro atoms. The molecule has 1 unspecified atom stereocenters. The number of pyridine rings is 1. The molecule has 0 saturated carbocycles. The van der Waals surface area contributed by atoms with Crippen molar-refractivity contribution >= 4 is 11.8 Å². The first-order valence-corrected chi connectivity index (χ1v) is 6.28. The summed E-state index contributed by atoms with van der Waals surface area (Å²) in [6.07, 6.45) is 4.01. The maximum atomic E-state index is 13.1. The van der Waals surface area contributed by atoms with E-state index in [-0.39, 0.29) is 24.9 Å². The lowest BCUT2D eigenvalue weighted by Crippen LogP contribution is -2.57. The number of hydrogen-bond donors (Lipinski definition) is 1. The van der Waals surface area contributed by atoms with Gasteiger partial charge in [-0.25, -0.2) is 4.39 Å². The van der Waals surface area contributed by atoms with Gasteiger partial charge >= 0.3 is 0 Å². The van der Waals surface area contributed by atoms with Crippen molar-refractivity contribution in [3.63, 3.8) is 0 Å². The highest BCUT2D eigenvalue weighted by Crippen LogP contribution is 2.16. The third-order valence-corrected chi connectivity index (χ3v) is 3.09. The molecule has 5 nitrogen and oxygen atoms in total. The van der Waals surface area contributed by atoms with Crippen molar-refractivity contribution in [1.29, 1.82) is 0 Å². The predicted octanol–water partition coefficient (Wildman–Crippen LogP) is 0.848. The van der Waals surface area contributed by atoms with Crippen molar-refractivity contribution in [2.75, 3.05) is 6.54 Å². The molecule has 1 aliphatic heterocycles. The number of hydrogen-bond acceptors (Lipinski definition) is 3. The van der Waals surface area contributed by atoms with Gasteiger partial charge in [0, 0.05) is 12.7 Å². The van der Waals surface area contributed by atoms with Gasteiger partial charge in [0.15, 0.2) is 0 Å². The van der Waals surface area contributed by atoms with E-state index in [0.717, 1.165) is 12.6 Å². The number of nitrogens with one attached hydrogen (secondary N) is 1. The molecular weight excluding hydrogens is 249 g/mol. The second-order valence-electron chi connectivity index (χ2n) is 4.56. The molecule has 102 valence electrons. The Bertz CT molecular complexity index is 493. The van der Waals surface area contributed by atoms with Gasteiger partial charge in [0.25, 0.3) is 0 Å². The van der Waals surface area contributed by atoms with E-state index in [1.165, 1.54) is 17.2 Å². The number of piperazine rings is 1. The Kier molecular flexibility index (Phi) is 4.09. The maximum absolute atomic E-state index is 13.1. The van der Waals surface area contributed by atoms with Crippen LogP contribution >= 0.6 is 0 Å². The second-order valence-corrected chi connectivity index (χ2v) is 4.56. The molecule has 2 rings (SSSR count). The lowest BCUT2D eigenvalue weighted by Gasteiger charge is -2.34. The highest BCUT2D eigenvalue weighted by atomic mass is 19.1. The third-order valence-electron chi connectivity index (χ3n) is 3.09. The van der Waals surface area contributed by atoms with Gasteiger partial charge in [-0.2, -0.15) is 0 Å². The van der Waals surface area contributed by atoms with Gasteiger partial charge in [-0.15, -0.1) is 0 Å². The number of halogens is 1. The van der Waals surface area contributed by atoms with Crippen LogP contribution in [0.15, 0.2) is 18.5 Å². The van der Waals surface area contributed by atoms with Crippen LogP contribution < -0.4 is 5.32 Å². The van der Waals surface area contributed by atoms with Gasteiger partial charge < -0.3 is 10.2 Å². The molecule has 1 saturated heterocycles. The molecular formula is C13H16FN3O2. The third kappa shape index (κ3) is 3.07. The average Bonchev–Trinajstić information content (AvgIpc) is 2.38. The Hall–Kier alpha value is -1.98. The molecule has 2 amide bonds. The Morgan fingerprint density at radius 1 is 1.47 bits per heavy atom. The van der Waals surface area contributed by atoms with E-state index in [2.05, 4.69) is 10.3 Å². The standard InChI is InChI=1S/C13H16FN3O2/c1-2-3-11-13(19)16-7-12(18)17(11)8-9-4-10(14)6-15-5-9/h4-6,11H,2-3,7-8H2,1H3,(H,16,19). The zero-order chi connectivity index (χ0) is 13.8. The molecule has 1 aliphatic rings. The molecule has 0 aromatic carbocycles. The van der Waals surface area contributed by atoms with Crippen LogP contribution in [-0.2, 0) is 16.1 Å². The van der Waals surface area contributed by atoms with Crippen molar-refractivity contribution in [3.8, 4) is 0 Å². The summed E-state index contributed by atoms with van der Waals surface area (Å²) in [6, 6.07) is 0.852. The number of rotatable bonds is 4. The van der Waals surface area contributed by atoms with E-state index in [1.807, 2.05) is 6.92 Å². The summed E-state index contributed by atoms with van der Waals surface area (Å²) in [5.41, 5.74) is 0.587. The van der Waals surface area contributed by atoms with Gasteiger partial charge in [0.2, 0.25) is 11.8 Å². The maximum Gasteiger partial charge on any atom is 0.243 e. The SMILES string of the molecule is CCCC1C(=O)NCC(=O)N1Cc1cncc(F)c1. The highest BCUT2D eigenvalue weighted by Gasteiger charge is 2.33. The molecule has 19 heavy (non-hydrogen) atoms. The fraction of sp³-hybridized carbons (Fsp3) is 0.462. The second kappa shape index (κ2) is 5.77. The molecule has 2 heterocycles. The van der Waals surface area contributed by atoms with Crippen LogP contribution in [0.25, 0.3) is 0 Å². The summed E-state index contributed by atoms with van der Waals surface area (Å²) >= 11 is 0. The summed E-state index contributed by atoms with van der Waals surface area (Å²) in [5, 5.41) is 2.57. The minimum Gasteiger partial charge on any atom is -0.345 e. The van der Waals surface area contributed by atoms with E-state index in [4.69, 9.17) is 0 Å². The Labute approximate surface area is 110 Å². The molecule has 0 aliphatic carbocycles. The summed E-state index contributed by atoms with van der Waals surface area (Å²) < 4.78 is 13.1. The number of nitrogens with zero attached hydrogens (tertiary/aromatic N) is 2. The van der Waals surface area contributed by atoms with Gasteiger partial charge in [-0.1, -0.05) is 13.3 Å². The summed E-state index contributed by atoms with van der Waals surface area (Å²) in [5.74, 6) is -0.744. The van der Waals surface area contributed by atoms with Gasteiger partial charge in [-0.3, -0.25) is 14.6 Å². The summed E-state index contributed by atoms with van der Waals surface area (Å²) in [7, 11) is 0. The lowest BCUT2D eigenvalue weighted by molar-refractivity contribution is -0.146. The van der Waals surface area contributed by atoms with E-state index >= 15 is 0 Å². The van der Waals surface area contributed by atoms with Crippen molar-refractivity contribution in [2.24, 2.45) is 0 Å². The first kappa shape index (κ1) is 13.5. The molecule has 0 bridgehead atoms. The van der Waals surface area contributed by atoms with Crippen molar-refractivity contribution in [2.45, 2.75) is 32.4 Å². The van der Waals surface area contributed by atoms with Crippen LogP contribution in [0.5, 0.6) is 0 Å². The number of aromatic nitrogens is 1. The summed E-state index contributed by atoms with van der Waals surface area (Å²) in [4.78, 5) is 29.0. The number of carbonyl (C=O) groups excluding carboxylic acids is 2. The van der Waals surface area contributed by atoms with Crippen molar-refractivity contribution in [3.05, 3.63) is 29.8 Å². The fourth-order valence-electron chi connectivity index (χ4n) is 2.20. The number of carbonyl (C=O) groups is 2. The van der Waals surface area contributed by atoms with Crippen LogP contribution in [0.4, 0.5) is 4.39 Å². The van der Waals surface area contributed by atoms with E-state index in [1.54, 1.807) is 0 Å². The smallest absolute Gasteiger partial charge is 0.243 e. The lowest BCUT2D eigenvalue weighted by atomic mass is 10.1. The molecule has 1 aromatic rings. The summed E-state index contributed by atoms with van der Waals surface area (Å²) in [6.45, 7) is 2.16. The zero-order valence-electron chi connectivity index (χ0n) is 10.7. The number of amides is 2. The Balaban J connectivity index is 2.18. The van der Waals surface area contributed by atoms with Crippen LogP contribution in [0.3, 0.4) is 0 Å². The molecule has 1 N–H and O–H groups in total. The zero-order valence-corrected chi connectivity index (χ0v) is 10.7. The highest BCUT2D eigenvalue weighted by molar-refractivity contribution is 5.94. The minimum absolute atomic E-state index is 0.00178. The Morgan fingerprint density at radius 3 is 2.95 bits per heavy atom. The molecule has 1 aromatic heterocycles. The van der Waals surface area contributed by atoms with Crippen LogP contribution in [0.1, 0.15) is 25.3 Å². The monoisotopic (exact) mass is 265 g/mol. The van der Waals surface area contributed by atoms with Crippen LogP contribution in [-0.4, -0.2) is 34.3 Å². The minimum atomic E-state index is -0.477. The van der Waals surface area contributed by atoms with Crippen molar-refractivity contribution in [1.82, 2.24) is 15.2 Å². The van der Waals surface area contributed by atoms with E-state index in [9.17, 15) is 14.0 Å². The first-order chi connectivity index (χ1) is 9.11. The topological polar surface area (TPSA) is 62.3 Å². The molecule has 1 atom stereocenters. The normalized spacial score (nSPS) is 19.5. The van der Waals surface area contributed by atoms with E-state index in [0.29, 0.717) is 12.0 Å². The average molecular weight is 265 g/mol. The largest absolute Gasteiger partial charge is 0.345 e. The predicted molar refractivity (Wildman–Crippen MR) is 66.5 cm³/mol. The fourth-order valence-corrected chi connectivity index (χ4v) is 2.20. The molecule has 0 radical (unpaired) electrons. The van der Waals surface area contributed by atoms with Crippen LogP contribution in [0, 0.1) is 5.82 Å². The first-order valence-electron chi connectivity index (χ1n) is 6.28. The van der Waals surface area contributed by atoms with Gasteiger partial charge in [0.05, 0.1) is 12.7 Å². The van der Waals surface area contributed by atoms with Crippen molar-refractivity contribution < 1.29 is 14.0 Å². The molecule has 1 fully saturated rings. The van der Waals surface area contributed by atoms with Gasteiger partial charge in [-0.05, 0) is 18.1 Å². The molecule has 6 heteroatoms. The Morgan fingerprint density at radius 2 is 2.26 bits per heavy atom. The quantitative estimate of drug-likeness (QED) is 0.877. The van der Waals surface area contributed by atoms with Gasteiger partial charge in [0.1, 0.15) is 11.9 Å². The van der Waals surface area contributed by atoms with Crippen LogP contribution in [0.2, 0.25) is 0 Å².